The molecule has 2 aliphatic heterocycles. The van der Waals surface area contributed by atoms with Crippen molar-refractivity contribution in [3.63, 3.8) is 0 Å². The summed E-state index contributed by atoms with van der Waals surface area (Å²) in [5.74, 6) is 1.76. The summed E-state index contributed by atoms with van der Waals surface area (Å²) < 4.78 is 10.8. The van der Waals surface area contributed by atoms with Crippen LogP contribution in [0.5, 0.6) is 11.5 Å². The van der Waals surface area contributed by atoms with Gasteiger partial charge < -0.3 is 14.8 Å². The Labute approximate surface area is 114 Å². The number of likely N-dealkylation sites (tertiary alicyclic amines) is 1. The van der Waals surface area contributed by atoms with Crippen molar-refractivity contribution < 1.29 is 9.47 Å². The van der Waals surface area contributed by atoms with Gasteiger partial charge in [-0.1, -0.05) is 12.5 Å². The molecule has 1 saturated heterocycles. The number of fused-ring (bicyclic) bond motifs is 1. The smallest absolute Gasteiger partial charge is 0.231 e. The molecule has 1 aromatic rings. The van der Waals surface area contributed by atoms with Gasteiger partial charge in [0.1, 0.15) is 0 Å². The molecule has 0 aliphatic carbocycles. The van der Waals surface area contributed by atoms with Crippen LogP contribution >= 0.6 is 0 Å². The summed E-state index contributed by atoms with van der Waals surface area (Å²) in [4.78, 5) is 2.58. The van der Waals surface area contributed by atoms with Gasteiger partial charge in [-0.2, -0.15) is 0 Å². The number of hydrogen-bond donors (Lipinski definition) is 1. The molecule has 0 amide bonds. The van der Waals surface area contributed by atoms with Gasteiger partial charge in [-0.05, 0) is 44.1 Å². The molecule has 19 heavy (non-hydrogen) atoms. The highest BCUT2D eigenvalue weighted by Crippen LogP contribution is 2.33. The van der Waals surface area contributed by atoms with Crippen LogP contribution in [0.25, 0.3) is 0 Å². The summed E-state index contributed by atoms with van der Waals surface area (Å²) in [5, 5.41) is 3.31. The van der Waals surface area contributed by atoms with E-state index >= 15 is 0 Å². The van der Waals surface area contributed by atoms with Crippen LogP contribution in [-0.2, 0) is 6.54 Å². The molecule has 1 aromatic carbocycles. The molecule has 0 spiro atoms. The Morgan fingerprint density at radius 1 is 1.26 bits per heavy atom. The zero-order valence-corrected chi connectivity index (χ0v) is 11.5. The van der Waals surface area contributed by atoms with Crippen molar-refractivity contribution in [2.75, 3.05) is 26.9 Å². The molecule has 4 heteroatoms. The van der Waals surface area contributed by atoms with E-state index in [4.69, 9.17) is 9.47 Å². The van der Waals surface area contributed by atoms with Crippen molar-refractivity contribution in [1.82, 2.24) is 10.2 Å². The molecule has 3 rings (SSSR count). The Morgan fingerprint density at radius 3 is 3.05 bits per heavy atom. The maximum atomic E-state index is 5.45. The second-order valence-corrected chi connectivity index (χ2v) is 5.37. The molecule has 1 N–H and O–H groups in total. The van der Waals surface area contributed by atoms with E-state index in [-0.39, 0.29) is 0 Å². The van der Waals surface area contributed by atoms with E-state index in [1.807, 2.05) is 13.1 Å². The molecule has 4 nitrogen and oxygen atoms in total. The van der Waals surface area contributed by atoms with Gasteiger partial charge in [0.25, 0.3) is 0 Å². The fourth-order valence-corrected chi connectivity index (χ4v) is 3.01. The fraction of sp³-hybridized carbons (Fsp3) is 0.600. The van der Waals surface area contributed by atoms with Crippen molar-refractivity contribution >= 4 is 0 Å². The monoisotopic (exact) mass is 262 g/mol. The number of piperidine rings is 1. The maximum Gasteiger partial charge on any atom is 0.231 e. The first-order valence-electron chi connectivity index (χ1n) is 7.14. The topological polar surface area (TPSA) is 33.7 Å². The zero-order valence-electron chi connectivity index (χ0n) is 11.5. The lowest BCUT2D eigenvalue weighted by atomic mass is 10.0. The molecule has 104 valence electrons. The van der Waals surface area contributed by atoms with Crippen molar-refractivity contribution in [2.45, 2.75) is 31.8 Å². The molecular formula is C15H22N2O2. The van der Waals surface area contributed by atoms with Crippen LogP contribution < -0.4 is 14.8 Å². The normalized spacial score (nSPS) is 22.7. The summed E-state index contributed by atoms with van der Waals surface area (Å²) in [6.07, 6.45) is 3.96. The molecule has 0 saturated carbocycles. The van der Waals surface area contributed by atoms with Gasteiger partial charge in [-0.25, -0.2) is 0 Å². The molecule has 1 atom stereocenters. The second kappa shape index (κ2) is 5.80. The van der Waals surface area contributed by atoms with E-state index in [2.05, 4.69) is 22.3 Å². The van der Waals surface area contributed by atoms with Crippen molar-refractivity contribution in [3.8, 4) is 11.5 Å². The Balaban J connectivity index is 1.69. The van der Waals surface area contributed by atoms with Crippen LogP contribution in [0.2, 0.25) is 0 Å². The molecule has 1 fully saturated rings. The minimum absolute atomic E-state index is 0.352. The predicted octanol–water partition coefficient (Wildman–Crippen LogP) is 1.99. The van der Waals surface area contributed by atoms with E-state index in [1.54, 1.807) is 0 Å². The van der Waals surface area contributed by atoms with Crippen LogP contribution in [-0.4, -0.2) is 37.9 Å². The highest BCUT2D eigenvalue weighted by atomic mass is 16.7. The largest absolute Gasteiger partial charge is 0.454 e. The summed E-state index contributed by atoms with van der Waals surface area (Å²) in [6, 6.07) is 6.95. The molecule has 2 aliphatic rings. The first kappa shape index (κ1) is 12.8. The number of nitrogens with one attached hydrogen (secondary N) is 1. The van der Waals surface area contributed by atoms with E-state index in [0.717, 1.165) is 24.6 Å². The van der Waals surface area contributed by atoms with E-state index < -0.39 is 0 Å². The molecule has 2 heterocycles. The molecule has 1 unspecified atom stereocenters. The van der Waals surface area contributed by atoms with Gasteiger partial charge in [0, 0.05) is 19.1 Å². The summed E-state index contributed by atoms with van der Waals surface area (Å²) >= 11 is 0. The van der Waals surface area contributed by atoms with Gasteiger partial charge in [0.15, 0.2) is 11.5 Å². The Bertz CT molecular complexity index is 434. The van der Waals surface area contributed by atoms with E-state index in [9.17, 15) is 0 Å². The minimum atomic E-state index is 0.352. The van der Waals surface area contributed by atoms with Gasteiger partial charge >= 0.3 is 0 Å². The lowest BCUT2D eigenvalue weighted by Gasteiger charge is -2.35. The Morgan fingerprint density at radius 2 is 2.16 bits per heavy atom. The van der Waals surface area contributed by atoms with Crippen molar-refractivity contribution in [3.05, 3.63) is 23.8 Å². The van der Waals surface area contributed by atoms with Gasteiger partial charge in [-0.15, -0.1) is 0 Å². The first-order valence-corrected chi connectivity index (χ1v) is 7.14. The summed E-state index contributed by atoms with van der Waals surface area (Å²) in [5.41, 5.74) is 1.31. The predicted molar refractivity (Wildman–Crippen MR) is 74.5 cm³/mol. The summed E-state index contributed by atoms with van der Waals surface area (Å²) in [7, 11) is 2.04. The first-order chi connectivity index (χ1) is 9.36. The van der Waals surface area contributed by atoms with Crippen LogP contribution in [0.3, 0.4) is 0 Å². The number of rotatable bonds is 4. The van der Waals surface area contributed by atoms with Crippen molar-refractivity contribution in [2.24, 2.45) is 0 Å². The number of hydrogen-bond acceptors (Lipinski definition) is 4. The fourth-order valence-electron chi connectivity index (χ4n) is 3.01. The molecule has 0 aromatic heterocycles. The average molecular weight is 262 g/mol. The SMILES string of the molecule is CNCC1CCCCN1Cc1ccc2c(c1)OCO2. The number of benzene rings is 1. The summed E-state index contributed by atoms with van der Waals surface area (Å²) in [6.45, 7) is 3.62. The number of nitrogens with zero attached hydrogens (tertiary/aromatic N) is 1. The van der Waals surface area contributed by atoms with Gasteiger partial charge in [0.2, 0.25) is 6.79 Å². The third-order valence-electron chi connectivity index (χ3n) is 4.01. The van der Waals surface area contributed by atoms with Crippen LogP contribution in [0.1, 0.15) is 24.8 Å². The lowest BCUT2D eigenvalue weighted by Crippen LogP contribution is -2.44. The highest BCUT2D eigenvalue weighted by molar-refractivity contribution is 5.44. The van der Waals surface area contributed by atoms with Crippen LogP contribution in [0.15, 0.2) is 18.2 Å². The Kier molecular flexibility index (Phi) is 3.89. The van der Waals surface area contributed by atoms with E-state index in [1.165, 1.54) is 31.4 Å². The van der Waals surface area contributed by atoms with Crippen molar-refractivity contribution in [1.29, 1.82) is 0 Å². The molecular weight excluding hydrogens is 240 g/mol. The quantitative estimate of drug-likeness (QED) is 0.899. The average Bonchev–Trinajstić information content (AvgIpc) is 2.89. The maximum absolute atomic E-state index is 5.45. The Hall–Kier alpha value is -1.26. The van der Waals surface area contributed by atoms with Gasteiger partial charge in [0.05, 0.1) is 0 Å². The van der Waals surface area contributed by atoms with Crippen LogP contribution in [0, 0.1) is 0 Å². The van der Waals surface area contributed by atoms with E-state index in [0.29, 0.717) is 12.8 Å². The highest BCUT2D eigenvalue weighted by Gasteiger charge is 2.22. The standard InChI is InChI=1S/C15H22N2O2/c1-16-9-13-4-2-3-7-17(13)10-12-5-6-14-15(8-12)19-11-18-14/h5-6,8,13,16H,2-4,7,9-11H2,1H3. The second-order valence-electron chi connectivity index (χ2n) is 5.37. The minimum Gasteiger partial charge on any atom is -0.454 e. The lowest BCUT2D eigenvalue weighted by molar-refractivity contribution is 0.139. The molecule has 0 bridgehead atoms. The van der Waals surface area contributed by atoms with Crippen LogP contribution in [0.4, 0.5) is 0 Å². The molecule has 0 radical (unpaired) electrons. The van der Waals surface area contributed by atoms with Gasteiger partial charge in [-0.3, -0.25) is 4.90 Å². The number of ether oxygens (including phenoxy) is 2. The third kappa shape index (κ3) is 2.85. The zero-order chi connectivity index (χ0) is 13.1. The number of likely N-dealkylation sites (N-methyl/N-ethyl adjacent to an activating group) is 1. The third-order valence-corrected chi connectivity index (χ3v) is 4.01.